The largest absolute Gasteiger partial charge is 0.475 e. The lowest BCUT2D eigenvalue weighted by Crippen LogP contribution is -2.18. The van der Waals surface area contributed by atoms with Crippen molar-refractivity contribution in [1.82, 2.24) is 0 Å². The number of benzene rings is 1. The minimum Gasteiger partial charge on any atom is -0.475 e. The number of sulfone groups is 1. The maximum absolute atomic E-state index is 12.4. The normalized spacial score (nSPS) is 11.1. The van der Waals surface area contributed by atoms with Gasteiger partial charge in [-0.25, -0.2) is 13.2 Å². The number of hydrogen-bond acceptors (Lipinski definition) is 6. The van der Waals surface area contributed by atoms with Crippen LogP contribution in [0.5, 0.6) is 0 Å². The zero-order valence-corrected chi connectivity index (χ0v) is 11.9. The Kier molecular flexibility index (Phi) is 4.22. The van der Waals surface area contributed by atoms with E-state index in [1.54, 1.807) is 6.07 Å². The van der Waals surface area contributed by atoms with Gasteiger partial charge >= 0.3 is 5.97 Å². The number of ketones is 2. The molecule has 8 heteroatoms. The Balaban J connectivity index is 2.40. The Labute approximate surface area is 125 Å². The number of Topliss-reactive ketones (excluding diaryl/α,β-unsaturated/α-hetero) is 2. The summed E-state index contributed by atoms with van der Waals surface area (Å²) in [5.74, 6) is -4.02. The molecule has 1 aromatic heterocycles. The molecular weight excluding hydrogens is 312 g/mol. The molecule has 0 amide bonds. The van der Waals surface area contributed by atoms with Crippen LogP contribution in [0.2, 0.25) is 0 Å². The smallest absolute Gasteiger partial charge is 0.372 e. The third-order valence-electron chi connectivity index (χ3n) is 2.79. The van der Waals surface area contributed by atoms with Gasteiger partial charge in [-0.15, -0.1) is 0 Å². The fourth-order valence-corrected chi connectivity index (χ4v) is 3.12. The molecule has 2 aromatic rings. The lowest BCUT2D eigenvalue weighted by atomic mass is 10.1. The Morgan fingerprint density at radius 1 is 1.05 bits per heavy atom. The molecule has 0 saturated heterocycles. The van der Waals surface area contributed by atoms with Crippen molar-refractivity contribution in [3.05, 3.63) is 48.2 Å². The van der Waals surface area contributed by atoms with Gasteiger partial charge in [0.25, 0.3) is 0 Å². The predicted octanol–water partition coefficient (Wildman–Crippen LogP) is 1.34. The third-order valence-corrected chi connectivity index (χ3v) is 4.48. The van der Waals surface area contributed by atoms with E-state index in [1.807, 2.05) is 0 Å². The van der Waals surface area contributed by atoms with Crippen LogP contribution in [0, 0.1) is 0 Å². The molecule has 1 N–H and O–H groups in total. The second-order valence-corrected chi connectivity index (χ2v) is 6.12. The molecule has 0 bridgehead atoms. The van der Waals surface area contributed by atoms with Crippen molar-refractivity contribution in [3.63, 3.8) is 0 Å². The zero-order chi connectivity index (χ0) is 16.3. The second-order valence-electron chi connectivity index (χ2n) is 4.27. The van der Waals surface area contributed by atoms with E-state index >= 15 is 0 Å². The van der Waals surface area contributed by atoms with Crippen molar-refractivity contribution < 1.29 is 32.3 Å². The summed E-state index contributed by atoms with van der Waals surface area (Å²) in [4.78, 5) is 33.4. The standard InChI is InChI=1S/C14H10O7S/c15-11(8-12(16)13(17)18)10-6-7-21-14(10)22(19,20)9-4-2-1-3-5-9/h1-7H,8H2,(H,17,18). The number of furan rings is 1. The molecule has 0 unspecified atom stereocenters. The van der Waals surface area contributed by atoms with Gasteiger partial charge in [0.2, 0.25) is 20.7 Å². The molecule has 0 fully saturated rings. The minimum atomic E-state index is -4.07. The lowest BCUT2D eigenvalue weighted by molar-refractivity contribution is -0.148. The van der Waals surface area contributed by atoms with Crippen molar-refractivity contribution in [3.8, 4) is 0 Å². The number of carboxylic acids is 1. The molecule has 0 aliphatic heterocycles. The number of rotatable bonds is 6. The summed E-state index contributed by atoms with van der Waals surface area (Å²) in [6.45, 7) is 0. The van der Waals surface area contributed by atoms with E-state index in [0.717, 1.165) is 12.3 Å². The van der Waals surface area contributed by atoms with E-state index in [9.17, 15) is 22.8 Å². The molecule has 0 radical (unpaired) electrons. The van der Waals surface area contributed by atoms with Crippen molar-refractivity contribution in [2.75, 3.05) is 0 Å². The minimum absolute atomic E-state index is 0.0800. The fourth-order valence-electron chi connectivity index (χ4n) is 1.73. The Morgan fingerprint density at radius 2 is 1.68 bits per heavy atom. The molecule has 2 rings (SSSR count). The van der Waals surface area contributed by atoms with E-state index in [2.05, 4.69) is 0 Å². The maximum atomic E-state index is 12.4. The summed E-state index contributed by atoms with van der Waals surface area (Å²) in [6.07, 6.45) is 0.0560. The average Bonchev–Trinajstić information content (AvgIpc) is 2.98. The molecule has 114 valence electrons. The number of aliphatic carboxylic acids is 1. The van der Waals surface area contributed by atoms with E-state index in [1.165, 1.54) is 24.3 Å². The van der Waals surface area contributed by atoms with Gasteiger partial charge in [-0.3, -0.25) is 9.59 Å². The molecule has 0 aliphatic carbocycles. The Hall–Kier alpha value is -2.74. The van der Waals surface area contributed by atoms with Crippen LogP contribution in [0.4, 0.5) is 0 Å². The zero-order valence-electron chi connectivity index (χ0n) is 11.1. The van der Waals surface area contributed by atoms with Gasteiger partial charge in [0.1, 0.15) is 0 Å². The van der Waals surface area contributed by atoms with Gasteiger partial charge < -0.3 is 9.52 Å². The highest BCUT2D eigenvalue weighted by Crippen LogP contribution is 2.25. The first-order chi connectivity index (χ1) is 10.3. The highest BCUT2D eigenvalue weighted by molar-refractivity contribution is 7.91. The Morgan fingerprint density at radius 3 is 2.27 bits per heavy atom. The molecular formula is C14H10O7S. The first-order valence-corrected chi connectivity index (χ1v) is 7.49. The summed E-state index contributed by atoms with van der Waals surface area (Å²) in [6, 6.07) is 8.38. The molecule has 7 nitrogen and oxygen atoms in total. The summed E-state index contributed by atoms with van der Waals surface area (Å²) in [7, 11) is -4.07. The highest BCUT2D eigenvalue weighted by atomic mass is 32.2. The first-order valence-electron chi connectivity index (χ1n) is 6.01. The van der Waals surface area contributed by atoms with Gasteiger partial charge in [0.05, 0.1) is 23.1 Å². The monoisotopic (exact) mass is 322 g/mol. The molecule has 22 heavy (non-hydrogen) atoms. The number of hydrogen-bond donors (Lipinski definition) is 1. The number of carboxylic acid groups (broad SMARTS) is 1. The average molecular weight is 322 g/mol. The topological polar surface area (TPSA) is 119 Å². The van der Waals surface area contributed by atoms with Crippen molar-refractivity contribution in [2.24, 2.45) is 0 Å². The van der Waals surface area contributed by atoms with Crippen LogP contribution in [0.3, 0.4) is 0 Å². The molecule has 0 aliphatic rings. The summed E-state index contributed by atoms with van der Waals surface area (Å²) >= 11 is 0. The van der Waals surface area contributed by atoms with E-state index in [-0.39, 0.29) is 10.5 Å². The van der Waals surface area contributed by atoms with Gasteiger partial charge in [-0.2, -0.15) is 0 Å². The molecule has 0 saturated carbocycles. The van der Waals surface area contributed by atoms with Gasteiger partial charge in [-0.1, -0.05) is 18.2 Å². The molecule has 0 atom stereocenters. The third kappa shape index (κ3) is 2.96. The summed E-state index contributed by atoms with van der Waals surface area (Å²) in [5, 5.41) is 7.88. The van der Waals surface area contributed by atoms with E-state index < -0.39 is 38.9 Å². The SMILES string of the molecule is O=C(O)C(=O)CC(=O)c1ccoc1S(=O)(=O)c1ccccc1. The predicted molar refractivity (Wildman–Crippen MR) is 72.2 cm³/mol. The van der Waals surface area contributed by atoms with Gasteiger partial charge in [-0.05, 0) is 18.2 Å². The van der Waals surface area contributed by atoms with E-state index in [0.29, 0.717) is 0 Å². The molecule has 0 spiro atoms. The summed E-state index contributed by atoms with van der Waals surface area (Å²) in [5.41, 5.74) is -0.349. The molecule has 1 aromatic carbocycles. The quantitative estimate of drug-likeness (QED) is 0.484. The lowest BCUT2D eigenvalue weighted by Gasteiger charge is -2.03. The second kappa shape index (κ2) is 5.94. The Bertz CT molecular complexity index is 831. The van der Waals surface area contributed by atoms with E-state index in [4.69, 9.17) is 9.52 Å². The van der Waals surface area contributed by atoms with Crippen LogP contribution < -0.4 is 0 Å². The van der Waals surface area contributed by atoms with Gasteiger partial charge in [0.15, 0.2) is 5.78 Å². The van der Waals surface area contributed by atoms with Crippen LogP contribution in [0.1, 0.15) is 16.8 Å². The van der Waals surface area contributed by atoms with Crippen molar-refractivity contribution >= 4 is 27.4 Å². The number of carbonyl (C=O) groups is 3. The van der Waals surface area contributed by atoms with Crippen LogP contribution in [-0.4, -0.2) is 31.1 Å². The first kappa shape index (κ1) is 15.6. The van der Waals surface area contributed by atoms with Gasteiger partial charge in [0, 0.05) is 0 Å². The number of carbonyl (C=O) groups excluding carboxylic acids is 2. The van der Waals surface area contributed by atoms with Crippen LogP contribution in [-0.2, 0) is 19.4 Å². The van der Waals surface area contributed by atoms with Crippen LogP contribution in [0.15, 0.2) is 57.1 Å². The van der Waals surface area contributed by atoms with Crippen LogP contribution >= 0.6 is 0 Å². The highest BCUT2D eigenvalue weighted by Gasteiger charge is 2.29. The van der Waals surface area contributed by atoms with Crippen LogP contribution in [0.25, 0.3) is 0 Å². The fraction of sp³-hybridized carbons (Fsp3) is 0.0714. The summed E-state index contributed by atoms with van der Waals surface area (Å²) < 4.78 is 29.7. The maximum Gasteiger partial charge on any atom is 0.372 e. The molecule has 1 heterocycles. The van der Waals surface area contributed by atoms with Crippen molar-refractivity contribution in [1.29, 1.82) is 0 Å². The van der Waals surface area contributed by atoms with Crippen molar-refractivity contribution in [2.45, 2.75) is 16.4 Å².